The number of rotatable bonds is 4. The third kappa shape index (κ3) is 3.31. The first-order valence-corrected chi connectivity index (χ1v) is 7.37. The van der Waals surface area contributed by atoms with E-state index >= 15 is 0 Å². The first-order valence-electron chi connectivity index (χ1n) is 6.58. The summed E-state index contributed by atoms with van der Waals surface area (Å²) in [5.41, 5.74) is 2.95. The number of nitrogens with zero attached hydrogens (tertiary/aromatic N) is 2. The molecule has 0 saturated heterocycles. The predicted octanol–water partition coefficient (Wildman–Crippen LogP) is 4.42. The summed E-state index contributed by atoms with van der Waals surface area (Å²) in [6.07, 6.45) is 3.46. The van der Waals surface area contributed by atoms with Crippen LogP contribution in [0.25, 0.3) is 11.5 Å². The Kier molecular flexibility index (Phi) is 4.01. The lowest BCUT2D eigenvalue weighted by atomic mass is 10.2. The summed E-state index contributed by atoms with van der Waals surface area (Å²) in [7, 11) is 0. The minimum atomic E-state index is 0.574. The molecule has 0 spiro atoms. The van der Waals surface area contributed by atoms with Crippen molar-refractivity contribution in [1.82, 2.24) is 9.97 Å². The fraction of sp³-hybridized carbons (Fsp3) is 0.125. The highest BCUT2D eigenvalue weighted by Crippen LogP contribution is 2.20. The molecule has 0 radical (unpaired) electrons. The Labute approximate surface area is 131 Å². The number of aromatic nitrogens is 2. The van der Waals surface area contributed by atoms with Gasteiger partial charge < -0.3 is 9.73 Å². The maximum Gasteiger partial charge on any atom is 0.226 e. The van der Waals surface area contributed by atoms with E-state index in [0.29, 0.717) is 12.4 Å². The van der Waals surface area contributed by atoms with Gasteiger partial charge in [0.05, 0.1) is 12.2 Å². The monoisotopic (exact) mass is 343 g/mol. The number of halogens is 1. The molecule has 0 fully saturated rings. The number of aryl methyl sites for hydroxylation is 1. The molecule has 0 amide bonds. The molecule has 0 aliphatic rings. The summed E-state index contributed by atoms with van der Waals surface area (Å²) >= 11 is 3.44. The summed E-state index contributed by atoms with van der Waals surface area (Å²) in [6, 6.07) is 11.8. The average molecular weight is 344 g/mol. The van der Waals surface area contributed by atoms with E-state index < -0.39 is 0 Å². The zero-order chi connectivity index (χ0) is 14.7. The molecule has 4 nitrogen and oxygen atoms in total. The van der Waals surface area contributed by atoms with Gasteiger partial charge in [0.2, 0.25) is 5.89 Å². The van der Waals surface area contributed by atoms with Gasteiger partial charge in [-0.15, -0.1) is 0 Å². The van der Waals surface area contributed by atoms with Crippen LogP contribution < -0.4 is 5.32 Å². The lowest BCUT2D eigenvalue weighted by Gasteiger charge is -2.04. The lowest BCUT2D eigenvalue weighted by Crippen LogP contribution is -2.02. The molecular formula is C16H14BrN3O. The fourth-order valence-electron chi connectivity index (χ4n) is 1.92. The number of hydrogen-bond donors (Lipinski definition) is 1. The molecule has 0 atom stereocenters. The highest BCUT2D eigenvalue weighted by Gasteiger charge is 2.06. The van der Waals surface area contributed by atoms with Crippen molar-refractivity contribution in [2.45, 2.75) is 13.5 Å². The lowest BCUT2D eigenvalue weighted by molar-refractivity contribution is 0.573. The maximum absolute atomic E-state index is 5.50. The molecule has 2 aromatic heterocycles. The molecule has 2 heterocycles. The van der Waals surface area contributed by atoms with Crippen LogP contribution in [0.4, 0.5) is 5.82 Å². The Morgan fingerprint density at radius 3 is 2.81 bits per heavy atom. The van der Waals surface area contributed by atoms with Crippen molar-refractivity contribution in [3.63, 3.8) is 0 Å². The minimum absolute atomic E-state index is 0.574. The van der Waals surface area contributed by atoms with Gasteiger partial charge in [-0.2, -0.15) is 0 Å². The Bertz CT molecular complexity index is 740. The molecular weight excluding hydrogens is 330 g/mol. The van der Waals surface area contributed by atoms with Crippen LogP contribution in [0.15, 0.2) is 57.7 Å². The summed E-state index contributed by atoms with van der Waals surface area (Å²) in [5, 5.41) is 3.24. The highest BCUT2D eigenvalue weighted by atomic mass is 79.9. The number of oxazole rings is 1. The van der Waals surface area contributed by atoms with E-state index in [1.807, 2.05) is 43.3 Å². The topological polar surface area (TPSA) is 51.0 Å². The van der Waals surface area contributed by atoms with E-state index in [-0.39, 0.29) is 0 Å². The van der Waals surface area contributed by atoms with Gasteiger partial charge in [0, 0.05) is 16.2 Å². The van der Waals surface area contributed by atoms with Crippen molar-refractivity contribution >= 4 is 21.7 Å². The number of pyridine rings is 1. The van der Waals surface area contributed by atoms with Gasteiger partial charge >= 0.3 is 0 Å². The SMILES string of the molecule is Cc1cc(NCc2coc(-c3ccccc3)n2)ncc1Br. The van der Waals surface area contributed by atoms with Gasteiger partial charge in [0.15, 0.2) is 0 Å². The van der Waals surface area contributed by atoms with Crippen LogP contribution in [-0.2, 0) is 6.54 Å². The molecule has 0 unspecified atom stereocenters. The highest BCUT2D eigenvalue weighted by molar-refractivity contribution is 9.10. The zero-order valence-corrected chi connectivity index (χ0v) is 13.1. The van der Waals surface area contributed by atoms with Gasteiger partial charge in [-0.25, -0.2) is 9.97 Å². The number of nitrogens with one attached hydrogen (secondary N) is 1. The normalized spacial score (nSPS) is 10.6. The van der Waals surface area contributed by atoms with Crippen LogP contribution >= 0.6 is 15.9 Å². The van der Waals surface area contributed by atoms with E-state index in [1.165, 1.54) is 0 Å². The largest absolute Gasteiger partial charge is 0.444 e. The van der Waals surface area contributed by atoms with Crippen molar-refractivity contribution in [2.75, 3.05) is 5.32 Å². The summed E-state index contributed by atoms with van der Waals surface area (Å²) in [4.78, 5) is 8.77. The van der Waals surface area contributed by atoms with Crippen molar-refractivity contribution in [1.29, 1.82) is 0 Å². The third-order valence-corrected chi connectivity index (χ3v) is 3.90. The molecule has 5 heteroatoms. The predicted molar refractivity (Wildman–Crippen MR) is 85.9 cm³/mol. The fourth-order valence-corrected chi connectivity index (χ4v) is 2.14. The Morgan fingerprint density at radius 2 is 2.05 bits per heavy atom. The Morgan fingerprint density at radius 1 is 1.24 bits per heavy atom. The first-order chi connectivity index (χ1) is 10.2. The summed E-state index contributed by atoms with van der Waals surface area (Å²) < 4.78 is 6.50. The van der Waals surface area contributed by atoms with E-state index in [1.54, 1.807) is 12.5 Å². The molecule has 0 saturated carbocycles. The van der Waals surface area contributed by atoms with E-state index in [2.05, 4.69) is 31.2 Å². The standard InChI is InChI=1S/C16H14BrN3O/c1-11-7-15(19-9-14(11)17)18-8-13-10-21-16(20-13)12-5-3-2-4-6-12/h2-7,9-10H,8H2,1H3,(H,18,19). The van der Waals surface area contributed by atoms with Gasteiger partial charge in [-0.3, -0.25) is 0 Å². The van der Waals surface area contributed by atoms with Gasteiger partial charge in [0.25, 0.3) is 0 Å². The molecule has 21 heavy (non-hydrogen) atoms. The second kappa shape index (κ2) is 6.10. The van der Waals surface area contributed by atoms with Crippen LogP contribution in [-0.4, -0.2) is 9.97 Å². The number of anilines is 1. The average Bonchev–Trinajstić information content (AvgIpc) is 2.98. The smallest absolute Gasteiger partial charge is 0.226 e. The van der Waals surface area contributed by atoms with Crippen LogP contribution in [0.5, 0.6) is 0 Å². The summed E-state index contributed by atoms with van der Waals surface area (Å²) in [6.45, 7) is 2.60. The molecule has 0 bridgehead atoms. The van der Waals surface area contributed by atoms with Crippen LogP contribution in [0, 0.1) is 6.92 Å². The van der Waals surface area contributed by atoms with Gasteiger partial charge in [-0.1, -0.05) is 18.2 Å². The first kappa shape index (κ1) is 13.8. The number of benzene rings is 1. The van der Waals surface area contributed by atoms with Crippen molar-refractivity contribution in [3.05, 3.63) is 64.6 Å². The molecule has 3 rings (SSSR count). The van der Waals surface area contributed by atoms with Crippen molar-refractivity contribution < 1.29 is 4.42 Å². The van der Waals surface area contributed by atoms with Crippen molar-refractivity contribution in [3.8, 4) is 11.5 Å². The van der Waals surface area contributed by atoms with Crippen LogP contribution in [0.3, 0.4) is 0 Å². The Balaban J connectivity index is 1.69. The van der Waals surface area contributed by atoms with Crippen molar-refractivity contribution in [2.24, 2.45) is 0 Å². The number of hydrogen-bond acceptors (Lipinski definition) is 4. The maximum atomic E-state index is 5.50. The molecule has 0 aliphatic heterocycles. The molecule has 0 aliphatic carbocycles. The van der Waals surface area contributed by atoms with E-state index in [9.17, 15) is 0 Å². The second-order valence-corrected chi connectivity index (χ2v) is 5.54. The minimum Gasteiger partial charge on any atom is -0.444 e. The molecule has 106 valence electrons. The molecule has 1 aromatic carbocycles. The van der Waals surface area contributed by atoms with Gasteiger partial charge in [-0.05, 0) is 46.6 Å². The molecule has 3 aromatic rings. The van der Waals surface area contributed by atoms with Gasteiger partial charge in [0.1, 0.15) is 12.1 Å². The second-order valence-electron chi connectivity index (χ2n) is 4.68. The zero-order valence-electron chi connectivity index (χ0n) is 11.5. The van der Waals surface area contributed by atoms with E-state index in [4.69, 9.17) is 4.42 Å². The quantitative estimate of drug-likeness (QED) is 0.761. The van der Waals surface area contributed by atoms with Crippen LogP contribution in [0.1, 0.15) is 11.3 Å². The third-order valence-electron chi connectivity index (χ3n) is 3.07. The Hall–Kier alpha value is -2.14. The molecule has 1 N–H and O–H groups in total. The van der Waals surface area contributed by atoms with E-state index in [0.717, 1.165) is 27.1 Å². The van der Waals surface area contributed by atoms with Crippen LogP contribution in [0.2, 0.25) is 0 Å². The summed E-state index contributed by atoms with van der Waals surface area (Å²) in [5.74, 6) is 1.45.